The van der Waals surface area contributed by atoms with Crippen molar-refractivity contribution < 1.29 is 19.4 Å². The normalized spacial score (nSPS) is 16.9. The molecule has 4 N–H and O–H groups in total. The number of nitrogens with zero attached hydrogens (tertiary/aromatic N) is 1. The number of benzene rings is 3. The molecule has 7 heteroatoms. The first-order valence-corrected chi connectivity index (χ1v) is 13.1. The van der Waals surface area contributed by atoms with Gasteiger partial charge in [0, 0.05) is 24.4 Å². The van der Waals surface area contributed by atoms with Gasteiger partial charge in [0.05, 0.1) is 6.04 Å². The highest BCUT2D eigenvalue weighted by atomic mass is 16.5. The Balaban J connectivity index is 1.36. The molecule has 38 heavy (non-hydrogen) atoms. The van der Waals surface area contributed by atoms with E-state index < -0.39 is 5.97 Å². The van der Waals surface area contributed by atoms with Gasteiger partial charge in [-0.1, -0.05) is 66.7 Å². The van der Waals surface area contributed by atoms with Gasteiger partial charge in [-0.15, -0.1) is 0 Å². The number of amides is 1. The average Bonchev–Trinajstić information content (AvgIpc) is 3.22. The molecule has 1 amide bonds. The Labute approximate surface area is 223 Å². The zero-order chi connectivity index (χ0) is 26.9. The lowest BCUT2D eigenvalue weighted by molar-refractivity contribution is -0.138. The first-order valence-electron chi connectivity index (χ1n) is 13.1. The van der Waals surface area contributed by atoms with Crippen LogP contribution in [0.4, 0.5) is 0 Å². The third kappa shape index (κ3) is 7.22. The molecule has 1 fully saturated rings. The predicted octanol–water partition coefficient (Wildman–Crippen LogP) is 5.12. The number of hydrogen-bond acceptors (Lipinski definition) is 4. The van der Waals surface area contributed by atoms with Crippen molar-refractivity contribution in [3.63, 3.8) is 0 Å². The van der Waals surface area contributed by atoms with Crippen molar-refractivity contribution >= 4 is 17.7 Å². The van der Waals surface area contributed by atoms with E-state index in [2.05, 4.69) is 12.1 Å². The smallest absolute Gasteiger partial charge is 0.303 e. The van der Waals surface area contributed by atoms with Gasteiger partial charge >= 0.3 is 5.97 Å². The molecule has 1 aliphatic heterocycles. The molecular formula is C31H35N3O4. The number of rotatable bonds is 13. The van der Waals surface area contributed by atoms with E-state index in [4.69, 9.17) is 21.0 Å². The number of carboxylic acid groups (broad SMARTS) is 1. The molecule has 198 valence electrons. The largest absolute Gasteiger partial charge is 0.491 e. The Bertz CT molecular complexity index is 1230. The summed E-state index contributed by atoms with van der Waals surface area (Å²) in [7, 11) is 0. The van der Waals surface area contributed by atoms with Crippen LogP contribution in [0.25, 0.3) is 11.1 Å². The van der Waals surface area contributed by atoms with Crippen LogP contribution in [0.2, 0.25) is 0 Å². The number of nitrogens with two attached hydrogens (primary N) is 1. The van der Waals surface area contributed by atoms with Crippen molar-refractivity contribution in [1.82, 2.24) is 4.90 Å². The van der Waals surface area contributed by atoms with E-state index >= 15 is 0 Å². The van der Waals surface area contributed by atoms with Crippen LogP contribution in [0.5, 0.6) is 5.75 Å². The third-order valence-electron chi connectivity index (χ3n) is 7.11. The topological polar surface area (TPSA) is 117 Å². The number of likely N-dealkylation sites (tertiary alicyclic amines) is 1. The third-order valence-corrected chi connectivity index (χ3v) is 7.11. The van der Waals surface area contributed by atoms with Gasteiger partial charge in [0.15, 0.2) is 0 Å². The van der Waals surface area contributed by atoms with E-state index in [-0.39, 0.29) is 30.1 Å². The minimum absolute atomic E-state index is 0.0353. The number of carbonyl (C=O) groups excluding carboxylic acids is 1. The molecule has 0 unspecified atom stereocenters. The van der Waals surface area contributed by atoms with Gasteiger partial charge in [-0.3, -0.25) is 15.0 Å². The number of aryl methyl sites for hydroxylation is 1. The fraction of sp³-hybridized carbons (Fsp3) is 0.323. The Kier molecular flexibility index (Phi) is 9.14. The average molecular weight is 514 g/mol. The summed E-state index contributed by atoms with van der Waals surface area (Å²) in [5, 5.41) is 16.5. The molecule has 0 bridgehead atoms. The van der Waals surface area contributed by atoms with Crippen LogP contribution in [-0.4, -0.2) is 46.9 Å². The summed E-state index contributed by atoms with van der Waals surface area (Å²) in [6.45, 7) is 1.06. The number of aliphatic carboxylic acids is 1. The molecular weight excluding hydrogens is 478 g/mol. The van der Waals surface area contributed by atoms with E-state index in [0.29, 0.717) is 38.0 Å². The minimum Gasteiger partial charge on any atom is -0.491 e. The molecule has 4 rings (SSSR count). The molecule has 0 spiro atoms. The second kappa shape index (κ2) is 12.9. The Morgan fingerprint density at radius 2 is 1.63 bits per heavy atom. The number of nitrogen functional groups attached to an aromatic ring is 1. The van der Waals surface area contributed by atoms with Crippen LogP contribution in [0, 0.1) is 11.3 Å². The molecule has 0 saturated carbocycles. The lowest BCUT2D eigenvalue weighted by Crippen LogP contribution is -2.38. The second-order valence-corrected chi connectivity index (χ2v) is 9.82. The van der Waals surface area contributed by atoms with Crippen molar-refractivity contribution in [1.29, 1.82) is 5.41 Å². The summed E-state index contributed by atoms with van der Waals surface area (Å²) < 4.78 is 6.13. The molecule has 7 nitrogen and oxygen atoms in total. The molecule has 1 saturated heterocycles. The Morgan fingerprint density at radius 1 is 0.974 bits per heavy atom. The van der Waals surface area contributed by atoms with E-state index in [0.717, 1.165) is 29.7 Å². The van der Waals surface area contributed by atoms with E-state index in [1.807, 2.05) is 71.6 Å². The van der Waals surface area contributed by atoms with E-state index in [9.17, 15) is 9.59 Å². The van der Waals surface area contributed by atoms with Crippen molar-refractivity contribution in [2.45, 2.75) is 44.6 Å². The molecule has 3 aromatic rings. The lowest BCUT2D eigenvalue weighted by atomic mass is 9.98. The van der Waals surface area contributed by atoms with Gasteiger partial charge in [0.1, 0.15) is 18.2 Å². The fourth-order valence-electron chi connectivity index (χ4n) is 5.04. The van der Waals surface area contributed by atoms with Gasteiger partial charge in [-0.05, 0) is 60.9 Å². The number of ether oxygens (including phenoxy) is 1. The van der Waals surface area contributed by atoms with Crippen molar-refractivity contribution in [3.8, 4) is 16.9 Å². The number of amidine groups is 1. The Morgan fingerprint density at radius 3 is 2.26 bits per heavy atom. The van der Waals surface area contributed by atoms with Crippen LogP contribution in [-0.2, 0) is 16.0 Å². The van der Waals surface area contributed by atoms with Crippen molar-refractivity contribution in [2.24, 2.45) is 11.7 Å². The maximum Gasteiger partial charge on any atom is 0.303 e. The van der Waals surface area contributed by atoms with E-state index in [1.165, 1.54) is 5.56 Å². The van der Waals surface area contributed by atoms with Crippen LogP contribution < -0.4 is 10.5 Å². The highest BCUT2D eigenvalue weighted by molar-refractivity contribution is 5.95. The number of nitrogens with one attached hydrogen (secondary N) is 1. The van der Waals surface area contributed by atoms with Crippen molar-refractivity contribution in [3.05, 3.63) is 90.0 Å². The lowest BCUT2D eigenvalue weighted by Gasteiger charge is -2.25. The standard InChI is InChI=1S/C31H35N3O4/c32-30(33)25-13-11-23(12-14-25)24-15-17-28(18-16-24)38-21-27-20-26(9-4-10-29(35)36)31(37)34(27)19-5-8-22-6-2-1-3-7-22/h1-3,6-7,11-18,26-27H,4-5,8-10,19-21H2,(H3,32,33)(H,35,36)/t26-,27+/m1/s1. The van der Waals surface area contributed by atoms with Gasteiger partial charge in [0.2, 0.25) is 5.91 Å². The summed E-state index contributed by atoms with van der Waals surface area (Å²) >= 11 is 0. The van der Waals surface area contributed by atoms with Crippen LogP contribution in [0.15, 0.2) is 78.9 Å². The van der Waals surface area contributed by atoms with Gasteiger partial charge in [-0.2, -0.15) is 0 Å². The zero-order valence-electron chi connectivity index (χ0n) is 21.5. The molecule has 1 aliphatic rings. The summed E-state index contributed by atoms with van der Waals surface area (Å²) in [4.78, 5) is 26.1. The molecule has 0 aromatic heterocycles. The van der Waals surface area contributed by atoms with Crippen LogP contribution in [0.1, 0.15) is 43.2 Å². The number of carbonyl (C=O) groups is 2. The monoisotopic (exact) mass is 513 g/mol. The molecule has 0 aliphatic carbocycles. The van der Waals surface area contributed by atoms with Gasteiger partial charge in [-0.25, -0.2) is 0 Å². The van der Waals surface area contributed by atoms with Gasteiger partial charge in [0.25, 0.3) is 0 Å². The number of carboxylic acids is 1. The van der Waals surface area contributed by atoms with Crippen molar-refractivity contribution in [2.75, 3.05) is 13.2 Å². The summed E-state index contributed by atoms with van der Waals surface area (Å²) in [6, 6.07) is 25.6. The maximum absolute atomic E-state index is 13.2. The first-order chi connectivity index (χ1) is 18.4. The number of hydrogen-bond donors (Lipinski definition) is 3. The summed E-state index contributed by atoms with van der Waals surface area (Å²) in [6.07, 6.45) is 3.63. The van der Waals surface area contributed by atoms with Crippen LogP contribution >= 0.6 is 0 Å². The quantitative estimate of drug-likeness (QED) is 0.217. The highest BCUT2D eigenvalue weighted by Gasteiger charge is 2.39. The summed E-state index contributed by atoms with van der Waals surface area (Å²) in [5.41, 5.74) is 9.54. The SMILES string of the molecule is N=C(N)c1ccc(-c2ccc(OC[C@@H]3C[C@@H](CCCC(=O)O)C(=O)N3CCCc3ccccc3)cc2)cc1. The predicted molar refractivity (Wildman–Crippen MR) is 148 cm³/mol. The molecule has 1 heterocycles. The second-order valence-electron chi connectivity index (χ2n) is 9.82. The molecule has 3 aromatic carbocycles. The van der Waals surface area contributed by atoms with Gasteiger partial charge < -0.3 is 20.5 Å². The first kappa shape index (κ1) is 26.9. The minimum atomic E-state index is -0.826. The molecule has 2 atom stereocenters. The maximum atomic E-state index is 13.2. The van der Waals surface area contributed by atoms with E-state index in [1.54, 1.807) is 0 Å². The fourth-order valence-corrected chi connectivity index (χ4v) is 5.04. The highest BCUT2D eigenvalue weighted by Crippen LogP contribution is 2.30. The Hall–Kier alpha value is -4.13. The van der Waals surface area contributed by atoms with Crippen LogP contribution in [0.3, 0.4) is 0 Å². The molecule has 0 radical (unpaired) electrons. The zero-order valence-corrected chi connectivity index (χ0v) is 21.5. The summed E-state index contributed by atoms with van der Waals surface area (Å²) in [5.74, 6) is -0.0845.